The zero-order chi connectivity index (χ0) is 13.8. The summed E-state index contributed by atoms with van der Waals surface area (Å²) < 4.78 is 0. The lowest BCUT2D eigenvalue weighted by Crippen LogP contribution is -2.38. The average Bonchev–Trinajstić information content (AvgIpc) is 2.40. The maximum atomic E-state index is 4.64. The number of hydrogen-bond donors (Lipinski definition) is 1. The van der Waals surface area contributed by atoms with Gasteiger partial charge in [0.15, 0.2) is 0 Å². The van der Waals surface area contributed by atoms with Crippen molar-refractivity contribution in [2.45, 2.75) is 39.7 Å². The first-order valence-electron chi connectivity index (χ1n) is 7.52. The normalized spacial score (nSPS) is 25.4. The largest absolute Gasteiger partial charge is 0.370 e. The first kappa shape index (κ1) is 14.3. The van der Waals surface area contributed by atoms with Gasteiger partial charge in [-0.05, 0) is 43.9 Å². The summed E-state index contributed by atoms with van der Waals surface area (Å²) in [5.74, 6) is 1.56. The van der Waals surface area contributed by atoms with E-state index >= 15 is 0 Å². The number of hydrogen-bond acceptors (Lipinski definition) is 3. The van der Waals surface area contributed by atoms with E-state index in [0.29, 0.717) is 6.04 Å². The van der Waals surface area contributed by atoms with Crippen LogP contribution in [0.15, 0.2) is 18.3 Å². The second kappa shape index (κ2) is 6.38. The highest BCUT2D eigenvalue weighted by atomic mass is 15.1. The highest BCUT2D eigenvalue weighted by molar-refractivity contribution is 5.45. The fourth-order valence-electron chi connectivity index (χ4n) is 3.23. The smallest absolute Gasteiger partial charge is 0.0574 e. The number of piperidine rings is 1. The Balaban J connectivity index is 2.09. The summed E-state index contributed by atoms with van der Waals surface area (Å²) in [5, 5.41) is 3.31. The van der Waals surface area contributed by atoms with Crippen LogP contribution in [-0.2, 0) is 0 Å². The van der Waals surface area contributed by atoms with Crippen LogP contribution in [0.2, 0.25) is 0 Å². The van der Waals surface area contributed by atoms with Crippen LogP contribution < -0.4 is 10.2 Å². The van der Waals surface area contributed by atoms with Crippen LogP contribution in [0.25, 0.3) is 0 Å². The van der Waals surface area contributed by atoms with E-state index in [0.717, 1.165) is 37.0 Å². The van der Waals surface area contributed by atoms with Gasteiger partial charge in [0.25, 0.3) is 0 Å². The Bertz CT molecular complexity index is 373. The number of nitrogens with zero attached hydrogens (tertiary/aromatic N) is 2. The molecule has 0 aliphatic carbocycles. The fraction of sp³-hybridized carbons (Fsp3) is 0.688. The van der Waals surface area contributed by atoms with Crippen LogP contribution in [0.1, 0.15) is 45.3 Å². The van der Waals surface area contributed by atoms with Crippen molar-refractivity contribution in [1.29, 1.82) is 0 Å². The minimum Gasteiger partial charge on any atom is -0.370 e. The molecular weight excluding hydrogens is 234 g/mol. The van der Waals surface area contributed by atoms with E-state index in [-0.39, 0.29) is 0 Å². The molecule has 3 heteroatoms. The van der Waals surface area contributed by atoms with Crippen LogP contribution >= 0.6 is 0 Å². The Kier molecular flexibility index (Phi) is 4.81. The molecule has 2 rings (SSSR count). The average molecular weight is 261 g/mol. The summed E-state index contributed by atoms with van der Waals surface area (Å²) >= 11 is 0. The quantitative estimate of drug-likeness (QED) is 0.902. The maximum Gasteiger partial charge on any atom is 0.0574 e. The van der Waals surface area contributed by atoms with Crippen molar-refractivity contribution in [3.05, 3.63) is 24.0 Å². The molecule has 3 unspecified atom stereocenters. The summed E-state index contributed by atoms with van der Waals surface area (Å²) in [4.78, 5) is 7.12. The molecule has 106 valence electrons. The molecule has 19 heavy (non-hydrogen) atoms. The Morgan fingerprint density at radius 1 is 1.32 bits per heavy atom. The van der Waals surface area contributed by atoms with Gasteiger partial charge in [0.2, 0.25) is 0 Å². The molecule has 2 heterocycles. The van der Waals surface area contributed by atoms with Gasteiger partial charge in [0, 0.05) is 19.1 Å². The van der Waals surface area contributed by atoms with Crippen LogP contribution in [0.5, 0.6) is 0 Å². The first-order valence-corrected chi connectivity index (χ1v) is 7.52. The van der Waals surface area contributed by atoms with Crippen LogP contribution in [0.4, 0.5) is 5.69 Å². The number of anilines is 1. The number of rotatable bonds is 4. The Morgan fingerprint density at radius 2 is 2.00 bits per heavy atom. The van der Waals surface area contributed by atoms with Gasteiger partial charge >= 0.3 is 0 Å². The van der Waals surface area contributed by atoms with Gasteiger partial charge in [-0.3, -0.25) is 4.98 Å². The van der Waals surface area contributed by atoms with E-state index < -0.39 is 0 Å². The van der Waals surface area contributed by atoms with Gasteiger partial charge in [0.05, 0.1) is 17.6 Å². The standard InChI is InChI=1S/C16H27N3/c1-5-15(17-4)16-7-6-14(9-18-16)19-10-12(2)8-13(3)11-19/h6-7,9,12-13,15,17H,5,8,10-11H2,1-4H3. The van der Waals surface area contributed by atoms with Crippen molar-refractivity contribution in [2.75, 3.05) is 25.0 Å². The second-order valence-electron chi connectivity index (χ2n) is 6.04. The van der Waals surface area contributed by atoms with Gasteiger partial charge in [0.1, 0.15) is 0 Å². The third kappa shape index (κ3) is 3.47. The van der Waals surface area contributed by atoms with E-state index in [4.69, 9.17) is 0 Å². The molecule has 0 radical (unpaired) electrons. The molecule has 0 saturated carbocycles. The van der Waals surface area contributed by atoms with Gasteiger partial charge in [-0.15, -0.1) is 0 Å². The second-order valence-corrected chi connectivity index (χ2v) is 6.04. The van der Waals surface area contributed by atoms with Gasteiger partial charge < -0.3 is 10.2 Å². The molecular formula is C16H27N3. The van der Waals surface area contributed by atoms with Gasteiger partial charge in [-0.1, -0.05) is 20.8 Å². The summed E-state index contributed by atoms with van der Waals surface area (Å²) in [5.41, 5.74) is 2.42. The Hall–Kier alpha value is -1.09. The highest BCUT2D eigenvalue weighted by Crippen LogP contribution is 2.26. The molecule has 3 nitrogen and oxygen atoms in total. The monoisotopic (exact) mass is 261 g/mol. The van der Waals surface area contributed by atoms with Gasteiger partial charge in [-0.2, -0.15) is 0 Å². The maximum absolute atomic E-state index is 4.64. The Labute approximate surface area is 117 Å². The molecule has 1 N–H and O–H groups in total. The van der Waals surface area contributed by atoms with Crippen molar-refractivity contribution in [3.8, 4) is 0 Å². The molecule has 1 aliphatic heterocycles. The molecule has 1 fully saturated rings. The lowest BCUT2D eigenvalue weighted by molar-refractivity contribution is 0.356. The van der Waals surface area contributed by atoms with Gasteiger partial charge in [-0.25, -0.2) is 0 Å². The molecule has 0 aromatic carbocycles. The van der Waals surface area contributed by atoms with E-state index in [1.54, 1.807) is 0 Å². The molecule has 0 bridgehead atoms. The van der Waals surface area contributed by atoms with E-state index in [1.807, 2.05) is 13.2 Å². The number of nitrogens with one attached hydrogen (secondary N) is 1. The number of pyridine rings is 1. The summed E-state index contributed by atoms with van der Waals surface area (Å²) in [6.45, 7) is 9.20. The third-order valence-electron chi connectivity index (χ3n) is 4.12. The topological polar surface area (TPSA) is 28.2 Å². The summed E-state index contributed by atoms with van der Waals surface area (Å²) in [7, 11) is 2.00. The van der Waals surface area contributed by atoms with Crippen LogP contribution in [0, 0.1) is 11.8 Å². The molecule has 3 atom stereocenters. The SMILES string of the molecule is CCC(NC)c1ccc(N2CC(C)CC(C)C2)cn1. The zero-order valence-corrected chi connectivity index (χ0v) is 12.7. The van der Waals surface area contributed by atoms with E-state index in [2.05, 4.69) is 48.1 Å². The molecule has 1 aromatic heterocycles. The zero-order valence-electron chi connectivity index (χ0n) is 12.7. The fourth-order valence-corrected chi connectivity index (χ4v) is 3.23. The molecule has 0 amide bonds. The van der Waals surface area contributed by atoms with E-state index in [1.165, 1.54) is 12.1 Å². The molecule has 1 aromatic rings. The lowest BCUT2D eigenvalue weighted by Gasteiger charge is -2.36. The third-order valence-corrected chi connectivity index (χ3v) is 4.12. The van der Waals surface area contributed by atoms with Crippen molar-refractivity contribution < 1.29 is 0 Å². The highest BCUT2D eigenvalue weighted by Gasteiger charge is 2.22. The lowest BCUT2D eigenvalue weighted by atomic mass is 9.91. The first-order chi connectivity index (χ1) is 9.13. The van der Waals surface area contributed by atoms with Crippen LogP contribution in [-0.4, -0.2) is 25.1 Å². The minimum absolute atomic E-state index is 0.369. The van der Waals surface area contributed by atoms with Crippen molar-refractivity contribution in [1.82, 2.24) is 10.3 Å². The Morgan fingerprint density at radius 3 is 2.47 bits per heavy atom. The molecule has 1 aliphatic rings. The van der Waals surface area contributed by atoms with Crippen LogP contribution in [0.3, 0.4) is 0 Å². The van der Waals surface area contributed by atoms with Crippen molar-refractivity contribution in [2.24, 2.45) is 11.8 Å². The minimum atomic E-state index is 0.369. The molecule has 0 spiro atoms. The predicted molar refractivity (Wildman–Crippen MR) is 81.5 cm³/mol. The summed E-state index contributed by atoms with van der Waals surface area (Å²) in [6, 6.07) is 4.77. The van der Waals surface area contributed by atoms with Crippen molar-refractivity contribution in [3.63, 3.8) is 0 Å². The van der Waals surface area contributed by atoms with E-state index in [9.17, 15) is 0 Å². The number of aromatic nitrogens is 1. The predicted octanol–water partition coefficient (Wildman–Crippen LogP) is 3.23. The van der Waals surface area contributed by atoms with Crippen molar-refractivity contribution >= 4 is 5.69 Å². The summed E-state index contributed by atoms with van der Waals surface area (Å²) in [6.07, 6.45) is 4.46. The molecule has 1 saturated heterocycles.